The molecule has 0 aromatic carbocycles. The van der Waals surface area contributed by atoms with Gasteiger partial charge in [-0.1, -0.05) is 13.8 Å². The van der Waals surface area contributed by atoms with Crippen LogP contribution < -0.4 is 6.15 Å². The number of aliphatic hydroxyl groups is 1. The molecule has 0 spiro atoms. The molecule has 7 heteroatoms. The van der Waals surface area contributed by atoms with Crippen molar-refractivity contribution in [2.45, 2.75) is 32.8 Å². The van der Waals surface area contributed by atoms with E-state index in [4.69, 9.17) is 24.3 Å². The molecule has 0 aromatic heterocycles. The summed E-state index contributed by atoms with van der Waals surface area (Å²) in [7, 11) is -4.61. The van der Waals surface area contributed by atoms with Crippen molar-refractivity contribution in [3.8, 4) is 0 Å². The van der Waals surface area contributed by atoms with E-state index in [1.807, 2.05) is 13.8 Å². The second kappa shape index (κ2) is 9.07. The van der Waals surface area contributed by atoms with E-state index in [1.165, 1.54) is 0 Å². The van der Waals surface area contributed by atoms with Crippen LogP contribution in [0.1, 0.15) is 26.7 Å². The lowest BCUT2D eigenvalue weighted by Crippen LogP contribution is -2.33. The molecule has 0 rings (SSSR count). The van der Waals surface area contributed by atoms with Gasteiger partial charge in [0.1, 0.15) is 0 Å². The predicted molar refractivity (Wildman–Crippen MR) is 46.2 cm³/mol. The fourth-order valence-electron chi connectivity index (χ4n) is 0.289. The van der Waals surface area contributed by atoms with Gasteiger partial charge in [-0.15, -0.1) is 0 Å². The maximum Gasteiger partial charge on any atom is 0.668 e. The second-order valence-electron chi connectivity index (χ2n) is 2.07. The van der Waals surface area contributed by atoms with Crippen LogP contribution in [0, 0.1) is 0 Å². The Morgan fingerprint density at radius 2 is 1.17 bits per heavy atom. The Morgan fingerprint density at radius 3 is 1.17 bits per heavy atom. The smallest absolute Gasteiger partial charge is 0.393 e. The minimum Gasteiger partial charge on any atom is -0.393 e. The van der Waals surface area contributed by atoms with Gasteiger partial charge in [0, 0.05) is 0 Å². The molecular weight excluding hydrogens is 182 g/mol. The fourth-order valence-corrected chi connectivity index (χ4v) is 0.289. The summed E-state index contributed by atoms with van der Waals surface area (Å²) in [5, 5.41) is 8.67. The van der Waals surface area contributed by atoms with Crippen LogP contribution in [0.5, 0.6) is 0 Å². The number of hydrogen-bond acceptors (Lipinski definition) is 6. The van der Waals surface area contributed by atoms with Gasteiger partial charge >= 0.3 is 9.05 Å². The highest BCUT2D eigenvalue weighted by molar-refractivity contribution is 6.46. The number of rotatable bonds is 2. The van der Waals surface area contributed by atoms with E-state index in [9.17, 15) is 0 Å². The van der Waals surface area contributed by atoms with Crippen molar-refractivity contribution >= 4 is 9.05 Å². The average molecular weight is 201 g/mol. The average Bonchev–Trinajstić information content (AvgIpc) is 1.83. The van der Waals surface area contributed by atoms with Crippen LogP contribution in [0.2, 0.25) is 0 Å². The normalized spacial score (nSPS) is 10.0. The lowest BCUT2D eigenvalue weighted by molar-refractivity contribution is 0.117. The van der Waals surface area contributed by atoms with E-state index in [2.05, 4.69) is 0 Å². The van der Waals surface area contributed by atoms with Crippen molar-refractivity contribution in [1.82, 2.24) is 6.15 Å². The molecule has 78 valence electrons. The van der Waals surface area contributed by atoms with Gasteiger partial charge in [-0.2, -0.15) is 0 Å². The van der Waals surface area contributed by atoms with Crippen LogP contribution in [-0.2, 0) is 0 Å². The molecule has 6 nitrogen and oxygen atoms in total. The van der Waals surface area contributed by atoms with Crippen molar-refractivity contribution < 1.29 is 24.3 Å². The van der Waals surface area contributed by atoms with E-state index in [1.54, 1.807) is 0 Å². The maximum atomic E-state index is 8.67. The highest BCUT2D eigenvalue weighted by Gasteiger charge is 2.22. The van der Waals surface area contributed by atoms with E-state index in [0.29, 0.717) is 0 Å². The topological polar surface area (TPSA) is 136 Å². The van der Waals surface area contributed by atoms with E-state index >= 15 is 0 Å². The summed E-state index contributed by atoms with van der Waals surface area (Å²) in [5.74, 6) is 0. The monoisotopic (exact) mass is 201 g/mol. The van der Waals surface area contributed by atoms with E-state index in [0.717, 1.165) is 12.8 Å². The molecule has 0 fully saturated rings. The summed E-state index contributed by atoms with van der Waals surface area (Å²) in [5.41, 5.74) is 0. The molecule has 0 aliphatic rings. The Balaban J connectivity index is -0.000000126. The third kappa shape index (κ3) is 50.8. The summed E-state index contributed by atoms with van der Waals surface area (Å²) in [4.78, 5) is 29.3. The Bertz CT molecular complexity index is 76.4. The summed E-state index contributed by atoms with van der Waals surface area (Å²) < 4.78 is 0. The molecule has 0 aromatic rings. The third-order valence-corrected chi connectivity index (χ3v) is 0.942. The highest BCUT2D eigenvalue weighted by atomic mass is 28.4. The van der Waals surface area contributed by atoms with Crippen molar-refractivity contribution in [2.75, 3.05) is 0 Å². The number of aliphatic hydroxyl groups excluding tert-OH is 1. The van der Waals surface area contributed by atoms with E-state index < -0.39 is 9.05 Å². The Morgan fingerprint density at radius 1 is 1.00 bits per heavy atom. The van der Waals surface area contributed by atoms with Crippen molar-refractivity contribution in [3.05, 3.63) is 0 Å². The minimum atomic E-state index is -4.61. The molecule has 0 atom stereocenters. The van der Waals surface area contributed by atoms with Gasteiger partial charge < -0.3 is 30.4 Å². The molecule has 0 aliphatic carbocycles. The first-order valence-electron chi connectivity index (χ1n) is 3.38. The van der Waals surface area contributed by atoms with Gasteiger partial charge in [-0.05, 0) is 12.8 Å². The van der Waals surface area contributed by atoms with Crippen LogP contribution in [0.15, 0.2) is 0 Å². The van der Waals surface area contributed by atoms with Crippen molar-refractivity contribution in [2.24, 2.45) is 0 Å². The van der Waals surface area contributed by atoms with Crippen LogP contribution >= 0.6 is 0 Å². The zero-order valence-corrected chi connectivity index (χ0v) is 8.43. The van der Waals surface area contributed by atoms with Crippen molar-refractivity contribution in [1.29, 1.82) is 0 Å². The fraction of sp³-hybridized carbons (Fsp3) is 1.00. The summed E-state index contributed by atoms with van der Waals surface area (Å²) in [6, 6.07) is 0. The van der Waals surface area contributed by atoms with Gasteiger partial charge in [0.05, 0.1) is 6.10 Å². The molecule has 0 radical (unpaired) electrons. The van der Waals surface area contributed by atoms with Crippen molar-refractivity contribution in [3.63, 3.8) is 0 Å². The Labute approximate surface area is 73.2 Å². The van der Waals surface area contributed by atoms with Crippen LogP contribution in [-0.4, -0.2) is 39.4 Å². The minimum absolute atomic E-state index is 0. The molecular formula is C5H19NO5Si. The quantitative estimate of drug-likeness (QED) is 0.308. The van der Waals surface area contributed by atoms with Gasteiger partial charge in [0.15, 0.2) is 0 Å². The molecule has 0 heterocycles. The summed E-state index contributed by atoms with van der Waals surface area (Å²) >= 11 is 0. The van der Waals surface area contributed by atoms with Gasteiger partial charge in [0.25, 0.3) is 0 Å². The largest absolute Gasteiger partial charge is 0.668 e. The highest BCUT2D eigenvalue weighted by Crippen LogP contribution is 1.91. The zero-order valence-electron chi connectivity index (χ0n) is 7.43. The third-order valence-electron chi connectivity index (χ3n) is 0.942. The SMILES string of the molecule is CCC(O)CC.N.O[Si](O)(O)O. The zero-order chi connectivity index (χ0) is 9.49. The molecule has 8 N–H and O–H groups in total. The van der Waals surface area contributed by atoms with Gasteiger partial charge in [-0.25, -0.2) is 0 Å². The van der Waals surface area contributed by atoms with Crippen LogP contribution in [0.4, 0.5) is 0 Å². The molecule has 0 amide bonds. The molecule has 0 saturated carbocycles. The molecule has 0 aliphatic heterocycles. The molecule has 0 saturated heterocycles. The summed E-state index contributed by atoms with van der Waals surface area (Å²) in [6.45, 7) is 3.96. The first-order valence-corrected chi connectivity index (χ1v) is 5.17. The Hall–Kier alpha value is -0.0231. The van der Waals surface area contributed by atoms with Crippen LogP contribution in [0.3, 0.4) is 0 Å². The standard InChI is InChI=1S/C5H12O.H3N.H4O4Si/c1-3-5(6)4-2;;1-5(2,3)4/h5-6H,3-4H2,1-2H3;1H3;1-4H. The first kappa shape index (κ1) is 17.9. The van der Waals surface area contributed by atoms with Gasteiger partial charge in [0.2, 0.25) is 0 Å². The Kier molecular flexibility index (Phi) is 13.5. The first-order chi connectivity index (χ1) is 4.81. The molecule has 0 bridgehead atoms. The molecule has 12 heavy (non-hydrogen) atoms. The van der Waals surface area contributed by atoms with E-state index in [-0.39, 0.29) is 12.3 Å². The summed E-state index contributed by atoms with van der Waals surface area (Å²) in [6.07, 6.45) is 1.71. The molecule has 0 unspecified atom stereocenters. The van der Waals surface area contributed by atoms with Gasteiger partial charge in [-0.3, -0.25) is 0 Å². The second-order valence-corrected chi connectivity index (χ2v) is 3.27. The maximum absolute atomic E-state index is 8.67. The lowest BCUT2D eigenvalue weighted by Gasteiger charge is -1.98. The lowest BCUT2D eigenvalue weighted by atomic mass is 10.2. The predicted octanol–water partition coefficient (Wildman–Crippen LogP) is -1.28. The van der Waals surface area contributed by atoms with Crippen LogP contribution in [0.25, 0.3) is 0 Å². The number of hydrogen-bond donors (Lipinski definition) is 6.